The summed E-state index contributed by atoms with van der Waals surface area (Å²) in [4.78, 5) is 8.53. The summed E-state index contributed by atoms with van der Waals surface area (Å²) in [5.74, 6) is -0.170. The van der Waals surface area contributed by atoms with Gasteiger partial charge in [-0.15, -0.1) is 0 Å². The zero-order valence-electron chi connectivity index (χ0n) is 12.4. The average molecular weight is 339 g/mol. The second-order valence-electron chi connectivity index (χ2n) is 5.08. The highest BCUT2D eigenvalue weighted by Crippen LogP contribution is 2.24. The molecule has 0 bridgehead atoms. The van der Waals surface area contributed by atoms with Gasteiger partial charge in [0, 0.05) is 12.4 Å². The zero-order valence-corrected chi connectivity index (χ0v) is 13.1. The Balaban J connectivity index is 1.78. The van der Waals surface area contributed by atoms with Crippen LogP contribution in [0.15, 0.2) is 49.1 Å². The first-order chi connectivity index (χ1) is 11.8. The van der Waals surface area contributed by atoms with Gasteiger partial charge in [-0.1, -0.05) is 11.6 Å². The molecule has 9 heteroatoms. The molecule has 4 aromatic heterocycles. The Morgan fingerprint density at radius 2 is 1.71 bits per heavy atom. The van der Waals surface area contributed by atoms with Gasteiger partial charge in [0.05, 0.1) is 36.2 Å². The van der Waals surface area contributed by atoms with Gasteiger partial charge in [-0.3, -0.25) is 0 Å². The molecule has 0 fully saturated rings. The Bertz CT molecular complexity index is 918. The standard InChI is InChI=1S/C15H11ClN8/c16-14-8-17-13-7-20-24(15(13)21-14)9-10(11-3-1-5-18-22-11)12-4-2-6-19-23-12/h1-8,10H,9H2. The second-order valence-corrected chi connectivity index (χ2v) is 5.47. The Labute approximate surface area is 141 Å². The maximum atomic E-state index is 5.96. The van der Waals surface area contributed by atoms with Gasteiger partial charge in [0.25, 0.3) is 0 Å². The van der Waals surface area contributed by atoms with Gasteiger partial charge >= 0.3 is 0 Å². The normalized spacial score (nSPS) is 11.2. The number of aromatic nitrogens is 8. The van der Waals surface area contributed by atoms with Gasteiger partial charge in [-0.25, -0.2) is 14.6 Å². The van der Waals surface area contributed by atoms with Gasteiger partial charge in [0.1, 0.15) is 10.7 Å². The molecular weight excluding hydrogens is 328 g/mol. The Morgan fingerprint density at radius 1 is 1.00 bits per heavy atom. The van der Waals surface area contributed by atoms with Crippen LogP contribution in [0.25, 0.3) is 11.2 Å². The van der Waals surface area contributed by atoms with E-state index in [-0.39, 0.29) is 5.92 Å². The number of rotatable bonds is 4. The third-order valence-electron chi connectivity index (χ3n) is 3.57. The molecule has 0 amide bonds. The molecular formula is C15H11ClN8. The summed E-state index contributed by atoms with van der Waals surface area (Å²) in [6, 6.07) is 7.47. The molecule has 0 saturated carbocycles. The van der Waals surface area contributed by atoms with Crippen molar-refractivity contribution in [1.82, 2.24) is 40.1 Å². The zero-order chi connectivity index (χ0) is 16.4. The summed E-state index contributed by atoms with van der Waals surface area (Å²) in [6.07, 6.45) is 6.42. The molecule has 0 aliphatic carbocycles. The van der Waals surface area contributed by atoms with Gasteiger partial charge in [-0.05, 0) is 24.3 Å². The van der Waals surface area contributed by atoms with Crippen LogP contribution in [0.3, 0.4) is 0 Å². The lowest BCUT2D eigenvalue weighted by Gasteiger charge is -2.15. The van der Waals surface area contributed by atoms with Crippen LogP contribution in [-0.4, -0.2) is 40.1 Å². The molecule has 8 nitrogen and oxygen atoms in total. The van der Waals surface area contributed by atoms with Crippen molar-refractivity contribution in [3.05, 3.63) is 65.6 Å². The molecule has 0 aliphatic heterocycles. The highest BCUT2D eigenvalue weighted by atomic mass is 35.5. The molecule has 4 rings (SSSR count). The van der Waals surface area contributed by atoms with E-state index in [9.17, 15) is 0 Å². The van der Waals surface area contributed by atoms with E-state index in [4.69, 9.17) is 11.6 Å². The lowest BCUT2D eigenvalue weighted by atomic mass is 10.0. The number of halogens is 1. The van der Waals surface area contributed by atoms with Crippen molar-refractivity contribution in [2.45, 2.75) is 12.5 Å². The van der Waals surface area contributed by atoms with Crippen molar-refractivity contribution in [3.8, 4) is 0 Å². The topological polar surface area (TPSA) is 95.2 Å². The van der Waals surface area contributed by atoms with E-state index < -0.39 is 0 Å². The van der Waals surface area contributed by atoms with Crippen LogP contribution in [0.1, 0.15) is 17.3 Å². The fraction of sp³-hybridized carbons (Fsp3) is 0.133. The molecule has 118 valence electrons. The molecule has 0 unspecified atom stereocenters. The number of hydrogen-bond acceptors (Lipinski definition) is 7. The minimum absolute atomic E-state index is 0.170. The molecule has 0 N–H and O–H groups in total. The first-order valence-electron chi connectivity index (χ1n) is 7.20. The smallest absolute Gasteiger partial charge is 0.178 e. The third kappa shape index (κ3) is 2.79. The van der Waals surface area contributed by atoms with Crippen molar-refractivity contribution in [2.75, 3.05) is 0 Å². The molecule has 0 aromatic carbocycles. The minimum atomic E-state index is -0.170. The summed E-state index contributed by atoms with van der Waals surface area (Å²) in [5.41, 5.74) is 2.84. The Hall–Kier alpha value is -3.00. The number of fused-ring (bicyclic) bond motifs is 1. The van der Waals surface area contributed by atoms with Crippen LogP contribution in [-0.2, 0) is 6.54 Å². The predicted molar refractivity (Wildman–Crippen MR) is 86.2 cm³/mol. The van der Waals surface area contributed by atoms with Crippen molar-refractivity contribution < 1.29 is 0 Å². The minimum Gasteiger partial charge on any atom is -0.248 e. The van der Waals surface area contributed by atoms with E-state index in [1.54, 1.807) is 23.3 Å². The van der Waals surface area contributed by atoms with Gasteiger partial charge < -0.3 is 0 Å². The average Bonchev–Trinajstić information content (AvgIpc) is 3.03. The molecule has 0 saturated heterocycles. The fourth-order valence-electron chi connectivity index (χ4n) is 2.47. The summed E-state index contributed by atoms with van der Waals surface area (Å²) in [6.45, 7) is 0.468. The largest absolute Gasteiger partial charge is 0.248 e. The molecule has 24 heavy (non-hydrogen) atoms. The third-order valence-corrected chi connectivity index (χ3v) is 3.75. The van der Waals surface area contributed by atoms with E-state index in [0.717, 1.165) is 11.4 Å². The maximum absolute atomic E-state index is 5.96. The van der Waals surface area contributed by atoms with Crippen LogP contribution in [0, 0.1) is 0 Å². The van der Waals surface area contributed by atoms with E-state index in [2.05, 4.69) is 35.5 Å². The highest BCUT2D eigenvalue weighted by Gasteiger charge is 2.20. The van der Waals surface area contributed by atoms with Gasteiger partial charge in [-0.2, -0.15) is 25.5 Å². The van der Waals surface area contributed by atoms with Crippen molar-refractivity contribution in [3.63, 3.8) is 0 Å². The van der Waals surface area contributed by atoms with Gasteiger partial charge in [0.15, 0.2) is 5.65 Å². The lowest BCUT2D eigenvalue weighted by molar-refractivity contribution is 0.549. The molecule has 0 radical (unpaired) electrons. The lowest BCUT2D eigenvalue weighted by Crippen LogP contribution is -2.15. The summed E-state index contributed by atoms with van der Waals surface area (Å²) in [5, 5.41) is 21.0. The molecule has 0 aliphatic rings. The van der Waals surface area contributed by atoms with E-state index in [1.165, 1.54) is 6.20 Å². The summed E-state index contributed by atoms with van der Waals surface area (Å²) >= 11 is 5.96. The van der Waals surface area contributed by atoms with Crippen molar-refractivity contribution in [2.24, 2.45) is 0 Å². The Kier molecular flexibility index (Phi) is 3.80. The molecule has 4 heterocycles. The van der Waals surface area contributed by atoms with E-state index in [0.29, 0.717) is 22.9 Å². The quantitative estimate of drug-likeness (QED) is 0.560. The van der Waals surface area contributed by atoms with Crippen LogP contribution < -0.4 is 0 Å². The monoisotopic (exact) mass is 338 g/mol. The predicted octanol–water partition coefficient (Wildman–Crippen LogP) is 1.89. The maximum Gasteiger partial charge on any atom is 0.178 e. The molecule has 0 atom stereocenters. The first kappa shape index (κ1) is 14.6. The highest BCUT2D eigenvalue weighted by molar-refractivity contribution is 6.29. The molecule has 0 spiro atoms. The van der Waals surface area contributed by atoms with Crippen LogP contribution in [0.2, 0.25) is 5.15 Å². The number of hydrogen-bond donors (Lipinski definition) is 0. The van der Waals surface area contributed by atoms with Crippen LogP contribution >= 0.6 is 11.6 Å². The SMILES string of the molecule is Clc1cnc2cnn(CC(c3cccnn3)c3cccnn3)c2n1. The van der Waals surface area contributed by atoms with Crippen LogP contribution in [0.5, 0.6) is 0 Å². The Morgan fingerprint density at radius 3 is 2.33 bits per heavy atom. The van der Waals surface area contributed by atoms with Crippen molar-refractivity contribution in [1.29, 1.82) is 0 Å². The van der Waals surface area contributed by atoms with Crippen LogP contribution in [0.4, 0.5) is 0 Å². The van der Waals surface area contributed by atoms with Gasteiger partial charge in [0.2, 0.25) is 0 Å². The summed E-state index contributed by atoms with van der Waals surface area (Å²) in [7, 11) is 0. The fourth-order valence-corrected chi connectivity index (χ4v) is 2.60. The summed E-state index contributed by atoms with van der Waals surface area (Å²) < 4.78 is 1.74. The van der Waals surface area contributed by atoms with E-state index >= 15 is 0 Å². The van der Waals surface area contributed by atoms with E-state index in [1.807, 2.05) is 24.3 Å². The number of nitrogens with zero attached hydrogens (tertiary/aromatic N) is 8. The first-order valence-corrected chi connectivity index (χ1v) is 7.58. The van der Waals surface area contributed by atoms with Crippen molar-refractivity contribution >= 4 is 22.8 Å². The second kappa shape index (κ2) is 6.25. The molecule has 4 aromatic rings.